The monoisotopic (exact) mass is 250 g/mol. The molecule has 0 radical (unpaired) electrons. The van der Waals surface area contributed by atoms with Crippen molar-refractivity contribution in [1.29, 1.82) is 5.26 Å². The topological polar surface area (TPSA) is 103 Å². The van der Waals surface area contributed by atoms with Gasteiger partial charge in [0.1, 0.15) is 6.07 Å². The highest BCUT2D eigenvalue weighted by molar-refractivity contribution is 5.60. The van der Waals surface area contributed by atoms with Crippen molar-refractivity contribution in [3.05, 3.63) is 27.9 Å². The summed E-state index contributed by atoms with van der Waals surface area (Å²) >= 11 is 0. The second-order valence-corrected chi connectivity index (χ2v) is 3.65. The third kappa shape index (κ3) is 3.15. The summed E-state index contributed by atoms with van der Waals surface area (Å²) in [5.41, 5.74) is -0.0677. The molecule has 0 aliphatic carbocycles. The van der Waals surface area contributed by atoms with Gasteiger partial charge in [0.25, 0.3) is 0 Å². The van der Waals surface area contributed by atoms with Gasteiger partial charge in [-0.25, -0.2) is 4.98 Å². The first kappa shape index (κ1) is 13.9. The maximum atomic E-state index is 11.0. The number of aliphatic hydroxyl groups is 1. The summed E-state index contributed by atoms with van der Waals surface area (Å²) in [5, 5.41) is 28.6. The molecule has 96 valence electrons. The van der Waals surface area contributed by atoms with Crippen molar-refractivity contribution in [3.8, 4) is 6.07 Å². The highest BCUT2D eigenvalue weighted by atomic mass is 16.6. The molecule has 1 aromatic rings. The van der Waals surface area contributed by atoms with Crippen molar-refractivity contribution in [2.45, 2.75) is 13.3 Å². The molecule has 18 heavy (non-hydrogen) atoms. The first-order valence-corrected chi connectivity index (χ1v) is 5.54. The molecule has 0 saturated heterocycles. The van der Waals surface area contributed by atoms with Crippen LogP contribution in [0.4, 0.5) is 11.5 Å². The predicted molar refractivity (Wildman–Crippen MR) is 65.2 cm³/mol. The molecule has 1 rings (SSSR count). The molecule has 7 heteroatoms. The van der Waals surface area contributed by atoms with Gasteiger partial charge in [-0.15, -0.1) is 0 Å². The smallest absolute Gasteiger partial charge is 0.312 e. The van der Waals surface area contributed by atoms with Crippen molar-refractivity contribution >= 4 is 11.5 Å². The fourth-order valence-electron chi connectivity index (χ4n) is 1.60. The molecule has 0 aliphatic heterocycles. The third-order valence-electron chi connectivity index (χ3n) is 2.34. The van der Waals surface area contributed by atoms with Crippen molar-refractivity contribution in [1.82, 2.24) is 4.98 Å². The van der Waals surface area contributed by atoms with Crippen LogP contribution >= 0.6 is 0 Å². The van der Waals surface area contributed by atoms with Gasteiger partial charge in [-0.05, 0) is 6.42 Å². The average molecular weight is 250 g/mol. The second kappa shape index (κ2) is 6.51. The number of nitrogens with zero attached hydrogens (tertiary/aromatic N) is 4. The lowest BCUT2D eigenvalue weighted by molar-refractivity contribution is -0.384. The summed E-state index contributed by atoms with van der Waals surface area (Å²) in [6.07, 6.45) is 2.07. The Morgan fingerprint density at radius 1 is 1.61 bits per heavy atom. The van der Waals surface area contributed by atoms with Gasteiger partial charge in [0, 0.05) is 25.4 Å². The zero-order valence-corrected chi connectivity index (χ0v) is 10.0. The summed E-state index contributed by atoms with van der Waals surface area (Å²) in [6, 6.07) is 3.01. The Kier molecular flexibility index (Phi) is 5.02. The van der Waals surface area contributed by atoms with Crippen molar-refractivity contribution < 1.29 is 10.0 Å². The van der Waals surface area contributed by atoms with Crippen LogP contribution in [-0.4, -0.2) is 34.7 Å². The number of aromatic nitrogens is 1. The van der Waals surface area contributed by atoms with Gasteiger partial charge in [-0.2, -0.15) is 5.26 Å². The van der Waals surface area contributed by atoms with Crippen LogP contribution in [0, 0.1) is 21.4 Å². The van der Waals surface area contributed by atoms with Crippen LogP contribution in [0.2, 0.25) is 0 Å². The van der Waals surface area contributed by atoms with E-state index < -0.39 is 4.92 Å². The van der Waals surface area contributed by atoms with Crippen LogP contribution in [0.3, 0.4) is 0 Å². The summed E-state index contributed by atoms with van der Waals surface area (Å²) in [4.78, 5) is 16.0. The molecule has 0 aromatic carbocycles. The van der Waals surface area contributed by atoms with E-state index >= 15 is 0 Å². The van der Waals surface area contributed by atoms with E-state index in [1.165, 1.54) is 12.3 Å². The lowest BCUT2D eigenvalue weighted by Crippen LogP contribution is -2.29. The van der Waals surface area contributed by atoms with E-state index in [0.29, 0.717) is 6.54 Å². The normalized spacial score (nSPS) is 9.83. The van der Waals surface area contributed by atoms with Gasteiger partial charge in [0.15, 0.2) is 0 Å². The molecule has 0 atom stereocenters. The molecule has 7 nitrogen and oxygen atoms in total. The fraction of sp³-hybridized carbons (Fsp3) is 0.455. The van der Waals surface area contributed by atoms with Crippen LogP contribution in [0.1, 0.15) is 18.9 Å². The molecule has 0 spiro atoms. The molecule has 0 aliphatic rings. The van der Waals surface area contributed by atoms with E-state index in [4.69, 9.17) is 10.4 Å². The minimum Gasteiger partial charge on any atom is -0.395 e. The minimum absolute atomic E-state index is 0.112. The summed E-state index contributed by atoms with van der Waals surface area (Å²) < 4.78 is 0. The first-order chi connectivity index (χ1) is 8.63. The van der Waals surface area contributed by atoms with Crippen molar-refractivity contribution in [3.63, 3.8) is 0 Å². The Balaban J connectivity index is 3.20. The number of nitro groups is 1. The molecule has 1 heterocycles. The molecule has 1 aromatic heterocycles. The highest BCUT2D eigenvalue weighted by Crippen LogP contribution is 2.26. The Morgan fingerprint density at radius 3 is 2.83 bits per heavy atom. The van der Waals surface area contributed by atoms with Crippen LogP contribution in [0.15, 0.2) is 12.3 Å². The number of hydrogen-bond donors (Lipinski definition) is 1. The van der Waals surface area contributed by atoms with Crippen molar-refractivity contribution in [2.24, 2.45) is 0 Å². The van der Waals surface area contributed by atoms with E-state index in [1.54, 1.807) is 4.90 Å². The summed E-state index contributed by atoms with van der Waals surface area (Å²) in [6.45, 7) is 2.65. The van der Waals surface area contributed by atoms with Gasteiger partial charge in [0.05, 0.1) is 17.1 Å². The lowest BCUT2D eigenvalue weighted by Gasteiger charge is -2.21. The summed E-state index contributed by atoms with van der Waals surface area (Å²) in [7, 11) is 0. The molecule has 0 saturated carbocycles. The SMILES string of the molecule is CCCN(CCO)c1ncc(C#N)cc1[N+](=O)[O-]. The van der Waals surface area contributed by atoms with Crippen LogP contribution in [0.25, 0.3) is 0 Å². The van der Waals surface area contributed by atoms with E-state index in [0.717, 1.165) is 6.42 Å². The predicted octanol–water partition coefficient (Wildman–Crippen LogP) is 1.07. The van der Waals surface area contributed by atoms with Crippen LogP contribution < -0.4 is 4.90 Å². The Bertz CT molecular complexity index is 464. The molecular formula is C11H14N4O3. The molecule has 0 bridgehead atoms. The second-order valence-electron chi connectivity index (χ2n) is 3.65. The van der Waals surface area contributed by atoms with Crippen LogP contribution in [0.5, 0.6) is 0 Å². The van der Waals surface area contributed by atoms with Crippen LogP contribution in [-0.2, 0) is 0 Å². The third-order valence-corrected chi connectivity index (χ3v) is 2.34. The Labute approximate surface area is 104 Å². The van der Waals surface area contributed by atoms with E-state index in [2.05, 4.69) is 4.98 Å². The molecular weight excluding hydrogens is 236 g/mol. The number of nitriles is 1. The molecule has 0 amide bonds. The van der Waals surface area contributed by atoms with Gasteiger partial charge in [-0.3, -0.25) is 10.1 Å². The van der Waals surface area contributed by atoms with Gasteiger partial charge in [0.2, 0.25) is 5.82 Å². The fourth-order valence-corrected chi connectivity index (χ4v) is 1.60. The molecule has 0 fully saturated rings. The maximum absolute atomic E-state index is 11.0. The number of rotatable bonds is 6. The van der Waals surface area contributed by atoms with E-state index in [9.17, 15) is 10.1 Å². The van der Waals surface area contributed by atoms with E-state index in [-0.39, 0.29) is 30.2 Å². The van der Waals surface area contributed by atoms with Gasteiger partial charge < -0.3 is 10.0 Å². The lowest BCUT2D eigenvalue weighted by atomic mass is 10.2. The Morgan fingerprint density at radius 2 is 2.33 bits per heavy atom. The van der Waals surface area contributed by atoms with Gasteiger partial charge >= 0.3 is 5.69 Å². The maximum Gasteiger partial charge on any atom is 0.312 e. The van der Waals surface area contributed by atoms with E-state index in [1.807, 2.05) is 13.0 Å². The number of anilines is 1. The minimum atomic E-state index is -0.566. The zero-order valence-electron chi connectivity index (χ0n) is 10.0. The standard InChI is InChI=1S/C11H14N4O3/c1-2-3-14(4-5-16)11-10(15(17)18)6-9(7-12)8-13-11/h6,8,16H,2-5H2,1H3. The molecule has 1 N–H and O–H groups in total. The highest BCUT2D eigenvalue weighted by Gasteiger charge is 2.21. The Hall–Kier alpha value is -2.20. The number of pyridine rings is 1. The average Bonchev–Trinajstić information content (AvgIpc) is 2.37. The largest absolute Gasteiger partial charge is 0.395 e. The summed E-state index contributed by atoms with van der Waals surface area (Å²) in [5.74, 6) is 0.190. The number of hydrogen-bond acceptors (Lipinski definition) is 6. The zero-order chi connectivity index (χ0) is 13.5. The van der Waals surface area contributed by atoms with Gasteiger partial charge in [-0.1, -0.05) is 6.92 Å². The number of aliphatic hydroxyl groups excluding tert-OH is 1. The molecule has 0 unspecified atom stereocenters. The first-order valence-electron chi connectivity index (χ1n) is 5.54. The quantitative estimate of drug-likeness (QED) is 0.598. The van der Waals surface area contributed by atoms with Crippen molar-refractivity contribution in [2.75, 3.05) is 24.6 Å².